The molecule has 2 N–H and O–H groups in total. The van der Waals surface area contributed by atoms with Gasteiger partial charge in [0, 0.05) is 31.2 Å². The Morgan fingerprint density at radius 1 is 1.20 bits per heavy atom. The van der Waals surface area contributed by atoms with Gasteiger partial charge in [0.25, 0.3) is 0 Å². The van der Waals surface area contributed by atoms with Crippen molar-refractivity contribution in [3.8, 4) is 11.4 Å². The molecule has 1 aliphatic heterocycles. The van der Waals surface area contributed by atoms with Gasteiger partial charge in [0.15, 0.2) is 5.82 Å². The van der Waals surface area contributed by atoms with Gasteiger partial charge in [-0.1, -0.05) is 0 Å². The third-order valence-electron chi connectivity index (χ3n) is 3.63. The second-order valence-corrected chi connectivity index (χ2v) is 5.12. The monoisotopic (exact) mass is 270 g/mol. The van der Waals surface area contributed by atoms with Crippen molar-refractivity contribution in [1.82, 2.24) is 19.9 Å². The van der Waals surface area contributed by atoms with E-state index in [-0.39, 0.29) is 0 Å². The van der Waals surface area contributed by atoms with E-state index in [1.165, 1.54) is 19.3 Å². The van der Waals surface area contributed by atoms with Crippen molar-refractivity contribution >= 4 is 11.8 Å². The first-order chi connectivity index (χ1) is 9.74. The molecule has 6 nitrogen and oxygen atoms in total. The Kier molecular flexibility index (Phi) is 3.45. The Labute approximate surface area is 118 Å². The van der Waals surface area contributed by atoms with Crippen LogP contribution in [0.3, 0.4) is 0 Å². The number of nitrogen functional groups attached to an aromatic ring is 1. The van der Waals surface area contributed by atoms with E-state index in [1.54, 1.807) is 24.7 Å². The molecule has 0 aromatic carbocycles. The van der Waals surface area contributed by atoms with Gasteiger partial charge in [-0.15, -0.1) is 0 Å². The van der Waals surface area contributed by atoms with Crippen LogP contribution < -0.4 is 10.6 Å². The molecule has 0 saturated carbocycles. The summed E-state index contributed by atoms with van der Waals surface area (Å²) < 4.78 is 0. The van der Waals surface area contributed by atoms with Crippen LogP contribution in [0.25, 0.3) is 11.4 Å². The summed E-state index contributed by atoms with van der Waals surface area (Å²) in [4.78, 5) is 19.5. The van der Waals surface area contributed by atoms with Crippen LogP contribution in [-0.2, 0) is 0 Å². The number of piperidine rings is 1. The van der Waals surface area contributed by atoms with Crippen LogP contribution in [0.15, 0.2) is 24.7 Å². The van der Waals surface area contributed by atoms with Crippen molar-refractivity contribution < 1.29 is 0 Å². The van der Waals surface area contributed by atoms with Crippen molar-refractivity contribution in [2.75, 3.05) is 17.2 Å². The fraction of sp³-hybridized carbons (Fsp3) is 0.429. The van der Waals surface area contributed by atoms with Crippen molar-refractivity contribution in [2.45, 2.75) is 32.2 Å². The highest BCUT2D eigenvalue weighted by molar-refractivity contribution is 5.54. The SMILES string of the molecule is C[C@H]1CCCCN1c1ncc(-c2nccc(N)n2)cn1. The van der Waals surface area contributed by atoms with E-state index in [9.17, 15) is 0 Å². The van der Waals surface area contributed by atoms with Crippen molar-refractivity contribution in [2.24, 2.45) is 0 Å². The van der Waals surface area contributed by atoms with Crippen LogP contribution in [0.5, 0.6) is 0 Å². The zero-order valence-corrected chi connectivity index (χ0v) is 11.5. The van der Waals surface area contributed by atoms with Gasteiger partial charge in [-0.3, -0.25) is 0 Å². The molecule has 6 heteroatoms. The molecule has 1 atom stereocenters. The molecule has 0 radical (unpaired) electrons. The van der Waals surface area contributed by atoms with E-state index in [2.05, 4.69) is 31.8 Å². The molecule has 2 aromatic heterocycles. The Balaban J connectivity index is 1.84. The minimum atomic E-state index is 0.448. The van der Waals surface area contributed by atoms with Crippen molar-refractivity contribution in [3.05, 3.63) is 24.7 Å². The molecule has 2 aromatic rings. The highest BCUT2D eigenvalue weighted by atomic mass is 15.3. The Bertz CT molecular complexity index is 582. The third-order valence-corrected chi connectivity index (χ3v) is 3.63. The number of nitrogens with zero attached hydrogens (tertiary/aromatic N) is 5. The molecule has 1 aliphatic rings. The van der Waals surface area contributed by atoms with Gasteiger partial charge in [-0.05, 0) is 32.3 Å². The normalized spacial score (nSPS) is 19.1. The topological polar surface area (TPSA) is 80.8 Å². The average Bonchev–Trinajstić information content (AvgIpc) is 2.48. The lowest BCUT2D eigenvalue weighted by molar-refractivity contribution is 0.477. The van der Waals surface area contributed by atoms with Crippen molar-refractivity contribution in [1.29, 1.82) is 0 Å². The Morgan fingerprint density at radius 3 is 2.70 bits per heavy atom. The first-order valence-corrected chi connectivity index (χ1v) is 6.91. The predicted octanol–water partition coefficient (Wildman–Crippen LogP) is 1.89. The largest absolute Gasteiger partial charge is 0.384 e. The second kappa shape index (κ2) is 5.40. The van der Waals surface area contributed by atoms with E-state index >= 15 is 0 Å². The molecule has 0 bridgehead atoms. The Morgan fingerprint density at radius 2 is 2.00 bits per heavy atom. The van der Waals surface area contributed by atoms with Gasteiger partial charge in [-0.25, -0.2) is 19.9 Å². The molecular formula is C14H18N6. The van der Waals surface area contributed by atoms with E-state index in [4.69, 9.17) is 5.73 Å². The zero-order chi connectivity index (χ0) is 13.9. The lowest BCUT2D eigenvalue weighted by atomic mass is 10.0. The summed E-state index contributed by atoms with van der Waals surface area (Å²) in [6.07, 6.45) is 8.85. The minimum absolute atomic E-state index is 0.448. The summed E-state index contributed by atoms with van der Waals surface area (Å²) in [6, 6.07) is 2.16. The number of aromatic nitrogens is 4. The smallest absolute Gasteiger partial charge is 0.225 e. The number of nitrogens with two attached hydrogens (primary N) is 1. The maximum atomic E-state index is 5.66. The lowest BCUT2D eigenvalue weighted by Gasteiger charge is -2.33. The minimum Gasteiger partial charge on any atom is -0.384 e. The van der Waals surface area contributed by atoms with Crippen LogP contribution in [0.4, 0.5) is 11.8 Å². The summed E-state index contributed by atoms with van der Waals surface area (Å²) in [6.45, 7) is 3.24. The van der Waals surface area contributed by atoms with E-state index in [1.807, 2.05) is 0 Å². The lowest BCUT2D eigenvalue weighted by Crippen LogP contribution is -2.38. The molecule has 3 heterocycles. The molecule has 104 valence electrons. The standard InChI is InChI=1S/C14H18N6/c1-10-4-2-3-7-20(10)14-17-8-11(9-18-14)13-16-6-5-12(15)19-13/h5-6,8-10H,2-4,7H2,1H3,(H2,15,16,19)/t10-/m0/s1. The molecule has 20 heavy (non-hydrogen) atoms. The summed E-state index contributed by atoms with van der Waals surface area (Å²) in [5.41, 5.74) is 6.44. The summed E-state index contributed by atoms with van der Waals surface area (Å²) >= 11 is 0. The number of hydrogen-bond donors (Lipinski definition) is 1. The molecule has 0 unspecified atom stereocenters. The van der Waals surface area contributed by atoms with E-state index < -0.39 is 0 Å². The first-order valence-electron chi connectivity index (χ1n) is 6.91. The summed E-state index contributed by atoms with van der Waals surface area (Å²) in [5.74, 6) is 1.79. The zero-order valence-electron chi connectivity index (χ0n) is 11.5. The molecule has 0 amide bonds. The van der Waals surface area contributed by atoms with Gasteiger partial charge >= 0.3 is 0 Å². The fourth-order valence-corrected chi connectivity index (χ4v) is 2.49. The maximum absolute atomic E-state index is 5.66. The number of hydrogen-bond acceptors (Lipinski definition) is 6. The van der Waals surface area contributed by atoms with Crippen LogP contribution >= 0.6 is 0 Å². The number of anilines is 2. The van der Waals surface area contributed by atoms with Gasteiger partial charge in [0.1, 0.15) is 5.82 Å². The molecule has 0 aliphatic carbocycles. The Hall–Kier alpha value is -2.24. The summed E-state index contributed by atoms with van der Waals surface area (Å²) in [7, 11) is 0. The maximum Gasteiger partial charge on any atom is 0.225 e. The van der Waals surface area contributed by atoms with Gasteiger partial charge in [0.2, 0.25) is 5.95 Å². The van der Waals surface area contributed by atoms with Gasteiger partial charge < -0.3 is 10.6 Å². The molecule has 0 spiro atoms. The average molecular weight is 270 g/mol. The number of rotatable bonds is 2. The molecular weight excluding hydrogens is 252 g/mol. The highest BCUT2D eigenvalue weighted by Crippen LogP contribution is 2.22. The fourth-order valence-electron chi connectivity index (χ4n) is 2.49. The van der Waals surface area contributed by atoms with Gasteiger partial charge in [0.05, 0.1) is 5.56 Å². The van der Waals surface area contributed by atoms with E-state index in [0.29, 0.717) is 17.7 Å². The van der Waals surface area contributed by atoms with Crippen LogP contribution in [-0.4, -0.2) is 32.5 Å². The molecule has 1 fully saturated rings. The second-order valence-electron chi connectivity index (χ2n) is 5.12. The third kappa shape index (κ3) is 2.54. The molecule has 3 rings (SSSR count). The quantitative estimate of drug-likeness (QED) is 0.897. The summed E-state index contributed by atoms with van der Waals surface area (Å²) in [5, 5.41) is 0. The highest BCUT2D eigenvalue weighted by Gasteiger charge is 2.20. The predicted molar refractivity (Wildman–Crippen MR) is 78.1 cm³/mol. The van der Waals surface area contributed by atoms with Crippen molar-refractivity contribution in [3.63, 3.8) is 0 Å². The van der Waals surface area contributed by atoms with Gasteiger partial charge in [-0.2, -0.15) is 0 Å². The van der Waals surface area contributed by atoms with Crippen LogP contribution in [0, 0.1) is 0 Å². The van der Waals surface area contributed by atoms with Crippen LogP contribution in [0.2, 0.25) is 0 Å². The molecule has 1 saturated heterocycles. The van der Waals surface area contributed by atoms with E-state index in [0.717, 1.165) is 18.1 Å². The van der Waals surface area contributed by atoms with Crippen LogP contribution in [0.1, 0.15) is 26.2 Å². The first kappa shape index (κ1) is 12.8.